The van der Waals surface area contributed by atoms with Gasteiger partial charge in [0.05, 0.1) is 0 Å². The Morgan fingerprint density at radius 1 is 1.21 bits per heavy atom. The van der Waals surface area contributed by atoms with Gasteiger partial charge in [0.2, 0.25) is 0 Å². The van der Waals surface area contributed by atoms with Crippen molar-refractivity contribution in [3.05, 3.63) is 0 Å². The fraction of sp³-hybridized carbons (Fsp3) is 1.00. The van der Waals surface area contributed by atoms with E-state index in [0.29, 0.717) is 13.1 Å². The first-order chi connectivity index (χ1) is 8.93. The normalized spacial score (nSPS) is 29.3. The summed E-state index contributed by atoms with van der Waals surface area (Å²) in [6.07, 6.45) is 8.31. The van der Waals surface area contributed by atoms with Crippen LogP contribution in [-0.4, -0.2) is 37.4 Å². The van der Waals surface area contributed by atoms with Crippen molar-refractivity contribution in [1.82, 2.24) is 9.03 Å². The minimum absolute atomic E-state index is 0.103. The second kappa shape index (κ2) is 6.08. The van der Waals surface area contributed by atoms with Crippen molar-refractivity contribution in [2.24, 2.45) is 5.73 Å². The molecule has 2 aliphatic rings. The smallest absolute Gasteiger partial charge is 0.279 e. The predicted octanol–water partition coefficient (Wildman–Crippen LogP) is 1.36. The van der Waals surface area contributed by atoms with Crippen LogP contribution in [0, 0.1) is 0 Å². The van der Waals surface area contributed by atoms with Crippen LogP contribution in [0.1, 0.15) is 58.3 Å². The molecule has 0 aromatic rings. The van der Waals surface area contributed by atoms with Crippen LogP contribution in [-0.2, 0) is 10.2 Å². The molecule has 1 heterocycles. The van der Waals surface area contributed by atoms with Crippen LogP contribution in [0.4, 0.5) is 0 Å². The Hall–Kier alpha value is -0.170. The van der Waals surface area contributed by atoms with Crippen LogP contribution in [0.15, 0.2) is 0 Å². The van der Waals surface area contributed by atoms with Crippen molar-refractivity contribution in [1.29, 1.82) is 0 Å². The molecule has 1 saturated heterocycles. The quantitative estimate of drug-likeness (QED) is 0.820. The summed E-state index contributed by atoms with van der Waals surface area (Å²) >= 11 is 0. The fourth-order valence-corrected chi connectivity index (χ4v) is 4.76. The lowest BCUT2D eigenvalue weighted by atomic mass is 9.83. The molecule has 19 heavy (non-hydrogen) atoms. The molecule has 0 spiro atoms. The second-order valence-electron chi connectivity index (χ2n) is 6.20. The van der Waals surface area contributed by atoms with E-state index in [2.05, 4.69) is 4.72 Å². The number of rotatable bonds is 4. The van der Waals surface area contributed by atoms with Gasteiger partial charge < -0.3 is 5.73 Å². The molecule has 5 nitrogen and oxygen atoms in total. The first-order valence-electron chi connectivity index (χ1n) is 7.48. The van der Waals surface area contributed by atoms with Gasteiger partial charge in [-0.2, -0.15) is 12.7 Å². The predicted molar refractivity (Wildman–Crippen MR) is 76.9 cm³/mol. The largest absolute Gasteiger partial charge is 0.324 e. The van der Waals surface area contributed by atoms with E-state index >= 15 is 0 Å². The van der Waals surface area contributed by atoms with Crippen molar-refractivity contribution in [2.45, 2.75) is 69.9 Å². The van der Waals surface area contributed by atoms with Crippen molar-refractivity contribution in [3.8, 4) is 0 Å². The van der Waals surface area contributed by atoms with E-state index in [0.717, 1.165) is 44.9 Å². The summed E-state index contributed by atoms with van der Waals surface area (Å²) in [5.41, 5.74) is 5.94. The van der Waals surface area contributed by atoms with Crippen LogP contribution in [0.5, 0.6) is 0 Å². The highest BCUT2D eigenvalue weighted by Crippen LogP contribution is 2.26. The zero-order valence-electron chi connectivity index (χ0n) is 11.9. The summed E-state index contributed by atoms with van der Waals surface area (Å²) in [7, 11) is -3.37. The minimum Gasteiger partial charge on any atom is -0.324 e. The molecule has 3 N–H and O–H groups in total. The summed E-state index contributed by atoms with van der Waals surface area (Å²) < 4.78 is 29.0. The monoisotopic (exact) mass is 289 g/mol. The Morgan fingerprint density at radius 3 is 2.53 bits per heavy atom. The highest BCUT2D eigenvalue weighted by molar-refractivity contribution is 7.87. The molecule has 1 saturated carbocycles. The SMILES string of the molecule is CC1CCCCN1S(=O)(=O)NCC1(N)CCCCC1. The van der Waals surface area contributed by atoms with Gasteiger partial charge >= 0.3 is 0 Å². The van der Waals surface area contributed by atoms with Gasteiger partial charge in [-0.05, 0) is 32.6 Å². The molecule has 1 atom stereocenters. The lowest BCUT2D eigenvalue weighted by molar-refractivity contribution is 0.257. The summed E-state index contributed by atoms with van der Waals surface area (Å²) in [6.45, 7) is 2.99. The van der Waals surface area contributed by atoms with E-state index < -0.39 is 10.2 Å². The maximum absolute atomic E-state index is 12.3. The van der Waals surface area contributed by atoms with Gasteiger partial charge in [-0.1, -0.05) is 25.7 Å². The van der Waals surface area contributed by atoms with Gasteiger partial charge in [0.25, 0.3) is 10.2 Å². The molecular formula is C13H27N3O2S. The molecule has 0 aromatic heterocycles. The van der Waals surface area contributed by atoms with Gasteiger partial charge in [0, 0.05) is 24.7 Å². The van der Waals surface area contributed by atoms with Crippen molar-refractivity contribution in [2.75, 3.05) is 13.1 Å². The molecule has 1 aliphatic heterocycles. The van der Waals surface area contributed by atoms with Gasteiger partial charge in [-0.3, -0.25) is 0 Å². The van der Waals surface area contributed by atoms with Crippen LogP contribution in [0.2, 0.25) is 0 Å². The third-order valence-corrected chi connectivity index (χ3v) is 6.18. The first-order valence-corrected chi connectivity index (χ1v) is 8.92. The topological polar surface area (TPSA) is 75.4 Å². The van der Waals surface area contributed by atoms with Crippen molar-refractivity contribution in [3.63, 3.8) is 0 Å². The number of nitrogens with two attached hydrogens (primary N) is 1. The molecule has 0 aromatic carbocycles. The van der Waals surface area contributed by atoms with E-state index in [1.165, 1.54) is 6.42 Å². The number of nitrogens with one attached hydrogen (secondary N) is 1. The molecule has 0 bridgehead atoms. The maximum atomic E-state index is 12.3. The zero-order valence-corrected chi connectivity index (χ0v) is 12.7. The van der Waals surface area contributed by atoms with Crippen LogP contribution < -0.4 is 10.5 Å². The third kappa shape index (κ3) is 3.90. The summed E-state index contributed by atoms with van der Waals surface area (Å²) in [5.74, 6) is 0. The lowest BCUT2D eigenvalue weighted by Crippen LogP contribution is -2.55. The summed E-state index contributed by atoms with van der Waals surface area (Å²) in [5, 5.41) is 0. The van der Waals surface area contributed by atoms with Crippen LogP contribution in [0.25, 0.3) is 0 Å². The Balaban J connectivity index is 1.93. The van der Waals surface area contributed by atoms with Gasteiger partial charge in [0.15, 0.2) is 0 Å². The number of hydrogen-bond donors (Lipinski definition) is 2. The van der Waals surface area contributed by atoms with E-state index in [9.17, 15) is 8.42 Å². The number of piperidine rings is 1. The minimum atomic E-state index is -3.37. The van der Waals surface area contributed by atoms with Gasteiger partial charge in [-0.25, -0.2) is 4.72 Å². The Labute approximate surface area is 117 Å². The second-order valence-corrected chi connectivity index (χ2v) is 7.91. The summed E-state index contributed by atoms with van der Waals surface area (Å²) in [6, 6.07) is 0.103. The van der Waals surface area contributed by atoms with Crippen LogP contribution >= 0.6 is 0 Å². The van der Waals surface area contributed by atoms with Crippen LogP contribution in [0.3, 0.4) is 0 Å². The van der Waals surface area contributed by atoms with E-state index in [1.807, 2.05) is 6.92 Å². The Morgan fingerprint density at radius 2 is 1.89 bits per heavy atom. The molecule has 6 heteroatoms. The van der Waals surface area contributed by atoms with Crippen molar-refractivity contribution >= 4 is 10.2 Å². The third-order valence-electron chi connectivity index (χ3n) is 4.51. The Bertz CT molecular complexity index is 391. The lowest BCUT2D eigenvalue weighted by Gasteiger charge is -2.36. The molecule has 2 fully saturated rings. The van der Waals surface area contributed by atoms with Gasteiger partial charge in [-0.15, -0.1) is 0 Å². The molecule has 1 aliphatic carbocycles. The fourth-order valence-electron chi connectivity index (χ4n) is 3.18. The van der Waals surface area contributed by atoms with Gasteiger partial charge in [0.1, 0.15) is 0 Å². The standard InChI is InChI=1S/C13H27N3O2S/c1-12-7-3-6-10-16(12)19(17,18)15-11-13(14)8-4-2-5-9-13/h12,15H,2-11,14H2,1H3. The number of nitrogens with zero attached hydrogens (tertiary/aromatic N) is 1. The van der Waals surface area contributed by atoms with E-state index in [1.54, 1.807) is 4.31 Å². The van der Waals surface area contributed by atoms with Crippen molar-refractivity contribution < 1.29 is 8.42 Å². The average Bonchev–Trinajstić information content (AvgIpc) is 2.38. The maximum Gasteiger partial charge on any atom is 0.279 e. The molecule has 0 amide bonds. The molecular weight excluding hydrogens is 262 g/mol. The van der Waals surface area contributed by atoms with E-state index in [4.69, 9.17) is 5.73 Å². The average molecular weight is 289 g/mol. The first kappa shape index (κ1) is 15.2. The number of hydrogen-bond acceptors (Lipinski definition) is 3. The summed E-state index contributed by atoms with van der Waals surface area (Å²) in [4.78, 5) is 0. The molecule has 2 rings (SSSR count). The highest BCUT2D eigenvalue weighted by atomic mass is 32.2. The molecule has 112 valence electrons. The zero-order chi connectivity index (χ0) is 13.9. The molecule has 0 radical (unpaired) electrons. The Kier molecular flexibility index (Phi) is 4.87. The van der Waals surface area contributed by atoms with E-state index in [-0.39, 0.29) is 11.6 Å². The highest BCUT2D eigenvalue weighted by Gasteiger charge is 2.33. The molecule has 1 unspecified atom stereocenters.